The van der Waals surface area contributed by atoms with Crippen molar-refractivity contribution in [1.82, 2.24) is 4.90 Å². The van der Waals surface area contributed by atoms with Crippen LogP contribution in [-0.4, -0.2) is 43.0 Å². The van der Waals surface area contributed by atoms with Crippen molar-refractivity contribution in [3.8, 4) is 11.5 Å². The average Bonchev–Trinajstić information content (AvgIpc) is 3.00. The van der Waals surface area contributed by atoms with E-state index in [0.717, 1.165) is 59.2 Å². The molecule has 202 valence electrons. The van der Waals surface area contributed by atoms with Crippen LogP contribution in [0.2, 0.25) is 0 Å². The Hall–Kier alpha value is -4.78. The lowest BCUT2D eigenvalue weighted by atomic mass is 9.86. The highest BCUT2D eigenvalue weighted by molar-refractivity contribution is 5.99. The van der Waals surface area contributed by atoms with Crippen molar-refractivity contribution in [2.24, 2.45) is 0 Å². The van der Waals surface area contributed by atoms with Crippen LogP contribution in [0.5, 0.6) is 11.5 Å². The minimum absolute atomic E-state index is 0.109. The zero-order valence-electron chi connectivity index (χ0n) is 22.5. The summed E-state index contributed by atoms with van der Waals surface area (Å²) in [7, 11) is 0. The molecule has 1 saturated heterocycles. The molecule has 2 aliphatic rings. The molecule has 2 N–H and O–H groups in total. The first-order chi connectivity index (χ1) is 19.6. The van der Waals surface area contributed by atoms with Gasteiger partial charge in [-0.3, -0.25) is 4.79 Å². The molecule has 0 bridgehead atoms. The van der Waals surface area contributed by atoms with E-state index in [0.29, 0.717) is 13.1 Å². The van der Waals surface area contributed by atoms with Gasteiger partial charge >= 0.3 is 6.03 Å². The third kappa shape index (κ3) is 5.23. The minimum atomic E-state index is -0.367. The molecule has 4 aromatic rings. The number of amides is 3. The molecule has 2 heterocycles. The Morgan fingerprint density at radius 1 is 0.750 bits per heavy atom. The number of anilines is 3. The van der Waals surface area contributed by atoms with E-state index in [1.165, 1.54) is 5.56 Å². The third-order valence-corrected chi connectivity index (χ3v) is 7.60. The number of fused-ring (bicyclic) bond motifs is 2. The quantitative estimate of drug-likeness (QED) is 0.309. The molecule has 7 nitrogen and oxygen atoms in total. The summed E-state index contributed by atoms with van der Waals surface area (Å²) in [4.78, 5) is 30.6. The Kier molecular flexibility index (Phi) is 7.10. The van der Waals surface area contributed by atoms with E-state index >= 15 is 0 Å². The van der Waals surface area contributed by atoms with Gasteiger partial charge < -0.3 is 25.2 Å². The Labute approximate surface area is 234 Å². The van der Waals surface area contributed by atoms with Crippen LogP contribution >= 0.6 is 0 Å². The zero-order chi connectivity index (χ0) is 27.5. The van der Waals surface area contributed by atoms with Gasteiger partial charge in [-0.15, -0.1) is 0 Å². The molecule has 0 spiro atoms. The van der Waals surface area contributed by atoms with E-state index in [2.05, 4.69) is 22.5 Å². The molecule has 0 aromatic heterocycles. The van der Waals surface area contributed by atoms with Crippen LogP contribution in [0, 0.1) is 0 Å². The molecule has 3 amide bonds. The van der Waals surface area contributed by atoms with Crippen LogP contribution in [0.1, 0.15) is 29.5 Å². The molecule has 0 radical (unpaired) electrons. The summed E-state index contributed by atoms with van der Waals surface area (Å²) in [6.07, 6.45) is 0.915. The fourth-order valence-electron chi connectivity index (χ4n) is 5.46. The fourth-order valence-corrected chi connectivity index (χ4v) is 5.46. The first kappa shape index (κ1) is 25.5. The van der Waals surface area contributed by atoms with E-state index in [1.807, 2.05) is 102 Å². The molecule has 6 rings (SSSR count). The first-order valence-corrected chi connectivity index (χ1v) is 13.8. The van der Waals surface area contributed by atoms with Gasteiger partial charge in [-0.25, -0.2) is 4.79 Å². The number of hydrogen-bond acceptors (Lipinski definition) is 4. The molecule has 0 aliphatic carbocycles. The second-order valence-corrected chi connectivity index (χ2v) is 10.1. The summed E-state index contributed by atoms with van der Waals surface area (Å²) in [5.74, 6) is 1.23. The SMILES string of the molecule is CCc1cccc(NC(=O)Nc2ccc(N3CCN(C(=O)C4c5ccccc5Oc5ccccc54)CC3)cc2)c1. The van der Waals surface area contributed by atoms with Crippen molar-refractivity contribution in [1.29, 1.82) is 0 Å². The van der Waals surface area contributed by atoms with Crippen molar-refractivity contribution < 1.29 is 14.3 Å². The monoisotopic (exact) mass is 532 g/mol. The largest absolute Gasteiger partial charge is 0.457 e. The second-order valence-electron chi connectivity index (χ2n) is 10.1. The number of nitrogens with zero attached hydrogens (tertiary/aromatic N) is 2. The van der Waals surface area contributed by atoms with Crippen molar-refractivity contribution in [3.63, 3.8) is 0 Å². The fraction of sp³-hybridized carbons (Fsp3) is 0.212. The standard InChI is InChI=1S/C33H32N4O3/c1-2-23-8-7-9-25(22-23)35-33(39)34-24-14-16-26(17-15-24)36-18-20-37(21-19-36)32(38)31-27-10-3-5-12-29(27)40-30-13-6-4-11-28(30)31/h3-17,22,31H,2,18-21H2,1H3,(H2,34,35,39). The summed E-state index contributed by atoms with van der Waals surface area (Å²) in [5, 5.41) is 5.79. The summed E-state index contributed by atoms with van der Waals surface area (Å²) in [6, 6.07) is 31.0. The van der Waals surface area contributed by atoms with Gasteiger partial charge in [0.05, 0.1) is 5.92 Å². The van der Waals surface area contributed by atoms with E-state index in [4.69, 9.17) is 4.74 Å². The van der Waals surface area contributed by atoms with E-state index in [-0.39, 0.29) is 17.9 Å². The highest BCUT2D eigenvalue weighted by Gasteiger charge is 2.36. The summed E-state index contributed by atoms with van der Waals surface area (Å²) >= 11 is 0. The molecular formula is C33H32N4O3. The van der Waals surface area contributed by atoms with E-state index < -0.39 is 0 Å². The number of ether oxygens (including phenoxy) is 1. The lowest BCUT2D eigenvalue weighted by molar-refractivity contribution is -0.132. The summed E-state index contributed by atoms with van der Waals surface area (Å²) < 4.78 is 6.08. The van der Waals surface area contributed by atoms with E-state index in [9.17, 15) is 9.59 Å². The average molecular weight is 533 g/mol. The number of urea groups is 1. The third-order valence-electron chi connectivity index (χ3n) is 7.60. The molecule has 0 unspecified atom stereocenters. The molecule has 7 heteroatoms. The van der Waals surface area contributed by atoms with Crippen molar-refractivity contribution in [2.45, 2.75) is 19.3 Å². The lowest BCUT2D eigenvalue weighted by Crippen LogP contribution is -2.50. The molecule has 1 fully saturated rings. The number of rotatable bonds is 5. The number of nitrogens with one attached hydrogen (secondary N) is 2. The number of carbonyl (C=O) groups is 2. The topological polar surface area (TPSA) is 73.9 Å². The van der Waals surface area contributed by atoms with Gasteiger partial charge in [0.15, 0.2) is 0 Å². The van der Waals surface area contributed by atoms with Crippen molar-refractivity contribution >= 4 is 29.0 Å². The molecular weight excluding hydrogens is 500 g/mol. The maximum Gasteiger partial charge on any atom is 0.323 e. The normalized spacial score (nSPS) is 14.5. The zero-order valence-corrected chi connectivity index (χ0v) is 22.5. The molecule has 40 heavy (non-hydrogen) atoms. The van der Waals surface area contributed by atoms with Gasteiger partial charge in [0, 0.05) is 54.4 Å². The van der Waals surface area contributed by atoms with Crippen LogP contribution in [0.25, 0.3) is 0 Å². The van der Waals surface area contributed by atoms with Crippen molar-refractivity contribution in [2.75, 3.05) is 41.7 Å². The Morgan fingerprint density at radius 3 is 2.02 bits per heavy atom. The van der Waals surface area contributed by atoms with Gasteiger partial charge in [0.2, 0.25) is 5.91 Å². The first-order valence-electron chi connectivity index (χ1n) is 13.8. The van der Waals surface area contributed by atoms with Crippen LogP contribution in [0.4, 0.5) is 21.9 Å². The maximum atomic E-state index is 13.8. The number of carbonyl (C=O) groups excluding carboxylic acids is 2. The Balaban J connectivity index is 1.07. The van der Waals surface area contributed by atoms with Crippen LogP contribution < -0.4 is 20.3 Å². The van der Waals surface area contributed by atoms with Gasteiger partial charge in [0.1, 0.15) is 11.5 Å². The van der Waals surface area contributed by atoms with Crippen LogP contribution in [0.15, 0.2) is 97.1 Å². The molecule has 0 atom stereocenters. The number of hydrogen-bond donors (Lipinski definition) is 2. The minimum Gasteiger partial charge on any atom is -0.457 e. The second kappa shape index (κ2) is 11.1. The van der Waals surface area contributed by atoms with E-state index in [1.54, 1.807) is 0 Å². The summed E-state index contributed by atoms with van der Waals surface area (Å²) in [6.45, 7) is 4.83. The predicted molar refractivity (Wildman–Crippen MR) is 158 cm³/mol. The molecule has 0 saturated carbocycles. The molecule has 2 aliphatic heterocycles. The van der Waals surface area contributed by atoms with Gasteiger partial charge in [-0.05, 0) is 60.5 Å². The van der Waals surface area contributed by atoms with Crippen LogP contribution in [-0.2, 0) is 11.2 Å². The smallest absolute Gasteiger partial charge is 0.323 e. The predicted octanol–water partition coefficient (Wildman–Crippen LogP) is 6.48. The highest BCUT2D eigenvalue weighted by atomic mass is 16.5. The summed E-state index contributed by atoms with van der Waals surface area (Å²) in [5.41, 5.74) is 5.56. The highest BCUT2D eigenvalue weighted by Crippen LogP contribution is 2.44. The Morgan fingerprint density at radius 2 is 1.38 bits per heavy atom. The number of piperazine rings is 1. The molecule has 4 aromatic carbocycles. The van der Waals surface area contributed by atoms with Gasteiger partial charge in [-0.2, -0.15) is 0 Å². The Bertz CT molecular complexity index is 1480. The number of aryl methyl sites for hydroxylation is 1. The lowest BCUT2D eigenvalue weighted by Gasteiger charge is -2.38. The van der Waals surface area contributed by atoms with Crippen molar-refractivity contribution in [3.05, 3.63) is 114 Å². The van der Waals surface area contributed by atoms with Gasteiger partial charge in [-0.1, -0.05) is 55.5 Å². The van der Waals surface area contributed by atoms with Crippen LogP contribution in [0.3, 0.4) is 0 Å². The number of benzene rings is 4. The van der Waals surface area contributed by atoms with Gasteiger partial charge in [0.25, 0.3) is 0 Å². The maximum absolute atomic E-state index is 13.8. The number of para-hydroxylation sites is 2.